The minimum absolute atomic E-state index is 0.318. The van der Waals surface area contributed by atoms with Crippen molar-refractivity contribution < 1.29 is 9.53 Å². The standard InChI is InChI=1S/C14H17BrO2/c1-14(2,3)17-13(16)9-8-11-6-4-5-7-12(11)10-15/h4-9H,10H2,1-3H3/b9-8+. The van der Waals surface area contributed by atoms with E-state index >= 15 is 0 Å². The van der Waals surface area contributed by atoms with E-state index in [9.17, 15) is 4.79 Å². The molecule has 0 atom stereocenters. The van der Waals surface area contributed by atoms with Crippen LogP contribution in [0, 0.1) is 0 Å². The smallest absolute Gasteiger partial charge is 0.331 e. The Morgan fingerprint density at radius 2 is 2.00 bits per heavy atom. The van der Waals surface area contributed by atoms with Crippen molar-refractivity contribution in [2.75, 3.05) is 0 Å². The number of alkyl halides is 1. The number of hydrogen-bond donors (Lipinski definition) is 0. The number of benzene rings is 1. The van der Waals surface area contributed by atoms with Crippen LogP contribution in [0.2, 0.25) is 0 Å². The van der Waals surface area contributed by atoms with E-state index in [2.05, 4.69) is 15.9 Å². The molecule has 0 spiro atoms. The number of rotatable bonds is 3. The Bertz CT molecular complexity index is 416. The fourth-order valence-corrected chi connectivity index (χ4v) is 1.82. The number of hydrogen-bond acceptors (Lipinski definition) is 2. The zero-order valence-electron chi connectivity index (χ0n) is 10.4. The van der Waals surface area contributed by atoms with Crippen LogP contribution in [0.25, 0.3) is 6.08 Å². The molecule has 0 heterocycles. The first-order valence-electron chi connectivity index (χ1n) is 5.47. The molecule has 0 saturated carbocycles. The van der Waals surface area contributed by atoms with Gasteiger partial charge in [0.15, 0.2) is 0 Å². The maximum atomic E-state index is 11.5. The molecule has 3 heteroatoms. The summed E-state index contributed by atoms with van der Waals surface area (Å²) in [7, 11) is 0. The summed E-state index contributed by atoms with van der Waals surface area (Å²) in [4.78, 5) is 11.5. The lowest BCUT2D eigenvalue weighted by Crippen LogP contribution is -2.22. The summed E-state index contributed by atoms with van der Waals surface area (Å²) in [5.74, 6) is -0.318. The van der Waals surface area contributed by atoms with Crippen LogP contribution < -0.4 is 0 Å². The van der Waals surface area contributed by atoms with Crippen LogP contribution in [0.3, 0.4) is 0 Å². The maximum absolute atomic E-state index is 11.5. The molecule has 0 radical (unpaired) electrons. The van der Waals surface area contributed by atoms with Gasteiger partial charge in [-0.1, -0.05) is 40.2 Å². The molecule has 0 amide bonds. The molecule has 2 nitrogen and oxygen atoms in total. The molecule has 0 unspecified atom stereocenters. The summed E-state index contributed by atoms with van der Waals surface area (Å²) in [6, 6.07) is 7.91. The van der Waals surface area contributed by atoms with Gasteiger partial charge in [-0.3, -0.25) is 0 Å². The highest BCUT2D eigenvalue weighted by Crippen LogP contribution is 2.14. The Hall–Kier alpha value is -1.09. The monoisotopic (exact) mass is 296 g/mol. The highest BCUT2D eigenvalue weighted by atomic mass is 79.9. The summed E-state index contributed by atoms with van der Waals surface area (Å²) in [6.45, 7) is 5.56. The molecule has 17 heavy (non-hydrogen) atoms. The zero-order chi connectivity index (χ0) is 12.9. The highest BCUT2D eigenvalue weighted by Gasteiger charge is 2.13. The van der Waals surface area contributed by atoms with E-state index in [1.165, 1.54) is 6.08 Å². The minimum atomic E-state index is -0.448. The summed E-state index contributed by atoms with van der Waals surface area (Å²) < 4.78 is 5.20. The van der Waals surface area contributed by atoms with Crippen molar-refractivity contribution >= 4 is 28.0 Å². The SMILES string of the molecule is CC(C)(C)OC(=O)/C=C/c1ccccc1CBr. The molecule has 92 valence electrons. The van der Waals surface area contributed by atoms with E-state index < -0.39 is 5.60 Å². The fraction of sp³-hybridized carbons (Fsp3) is 0.357. The highest BCUT2D eigenvalue weighted by molar-refractivity contribution is 9.08. The molecule has 0 aliphatic heterocycles. The molecule has 1 aromatic carbocycles. The largest absolute Gasteiger partial charge is 0.457 e. The van der Waals surface area contributed by atoms with E-state index in [1.54, 1.807) is 6.08 Å². The van der Waals surface area contributed by atoms with Gasteiger partial charge in [-0.15, -0.1) is 0 Å². The average molecular weight is 297 g/mol. The van der Waals surface area contributed by atoms with Gasteiger partial charge in [0.05, 0.1) is 0 Å². The molecule has 1 rings (SSSR count). The summed E-state index contributed by atoms with van der Waals surface area (Å²) in [5.41, 5.74) is 1.72. The second-order valence-corrected chi connectivity index (χ2v) is 5.26. The predicted molar refractivity (Wildman–Crippen MR) is 74.0 cm³/mol. The number of esters is 1. The van der Waals surface area contributed by atoms with Gasteiger partial charge < -0.3 is 4.74 Å². The van der Waals surface area contributed by atoms with Gasteiger partial charge in [0.25, 0.3) is 0 Å². The van der Waals surface area contributed by atoms with Crippen LogP contribution in [0.5, 0.6) is 0 Å². The van der Waals surface area contributed by atoms with Crippen molar-refractivity contribution in [3.8, 4) is 0 Å². The number of halogens is 1. The summed E-state index contributed by atoms with van der Waals surface area (Å²) in [5, 5.41) is 0.766. The second kappa shape index (κ2) is 6.01. The third kappa shape index (κ3) is 5.18. The first kappa shape index (κ1) is 14.0. The van der Waals surface area contributed by atoms with E-state index in [1.807, 2.05) is 45.0 Å². The van der Waals surface area contributed by atoms with Gasteiger partial charge in [0.1, 0.15) is 5.60 Å². The van der Waals surface area contributed by atoms with E-state index in [4.69, 9.17) is 4.74 Å². The van der Waals surface area contributed by atoms with E-state index in [0.717, 1.165) is 16.5 Å². The molecule has 0 aromatic heterocycles. The number of ether oxygens (including phenoxy) is 1. The Morgan fingerprint density at radius 3 is 2.59 bits per heavy atom. The third-order valence-corrected chi connectivity index (χ3v) is 2.61. The van der Waals surface area contributed by atoms with Crippen LogP contribution >= 0.6 is 15.9 Å². The first-order valence-corrected chi connectivity index (χ1v) is 6.59. The molecule has 0 saturated heterocycles. The lowest BCUT2D eigenvalue weighted by atomic mass is 10.1. The van der Waals surface area contributed by atoms with Gasteiger partial charge in [0, 0.05) is 11.4 Å². The molecule has 1 aromatic rings. The molecule has 0 aliphatic carbocycles. The van der Waals surface area contributed by atoms with Crippen molar-refractivity contribution in [3.05, 3.63) is 41.5 Å². The van der Waals surface area contributed by atoms with Crippen molar-refractivity contribution in [1.82, 2.24) is 0 Å². The van der Waals surface area contributed by atoms with Crippen molar-refractivity contribution in [2.45, 2.75) is 31.7 Å². The van der Waals surface area contributed by atoms with Crippen molar-refractivity contribution in [3.63, 3.8) is 0 Å². The quantitative estimate of drug-likeness (QED) is 0.480. The Morgan fingerprint density at radius 1 is 1.35 bits per heavy atom. The maximum Gasteiger partial charge on any atom is 0.331 e. The predicted octanol–water partition coefficient (Wildman–Crippen LogP) is 3.94. The van der Waals surface area contributed by atoms with Crippen LogP contribution in [-0.2, 0) is 14.9 Å². The van der Waals surface area contributed by atoms with Crippen molar-refractivity contribution in [2.24, 2.45) is 0 Å². The van der Waals surface area contributed by atoms with Gasteiger partial charge in [-0.2, -0.15) is 0 Å². The second-order valence-electron chi connectivity index (χ2n) is 4.70. The molecular formula is C14H17BrO2. The van der Waals surface area contributed by atoms with Gasteiger partial charge >= 0.3 is 5.97 Å². The fourth-order valence-electron chi connectivity index (χ4n) is 1.31. The van der Waals surface area contributed by atoms with Crippen LogP contribution in [0.4, 0.5) is 0 Å². The topological polar surface area (TPSA) is 26.3 Å². The summed E-state index contributed by atoms with van der Waals surface area (Å²) >= 11 is 3.41. The lowest BCUT2D eigenvalue weighted by molar-refractivity contribution is -0.148. The lowest BCUT2D eigenvalue weighted by Gasteiger charge is -2.17. The minimum Gasteiger partial charge on any atom is -0.457 e. The number of carbonyl (C=O) groups is 1. The normalized spacial score (nSPS) is 11.8. The molecule has 0 N–H and O–H groups in total. The molecule has 0 bridgehead atoms. The van der Waals surface area contributed by atoms with Crippen LogP contribution in [-0.4, -0.2) is 11.6 Å². The average Bonchev–Trinajstić information content (AvgIpc) is 2.24. The Kier molecular flexibility index (Phi) is 4.94. The third-order valence-electron chi connectivity index (χ3n) is 2.00. The molecule has 0 aliphatic rings. The molecule has 0 fully saturated rings. The van der Waals surface area contributed by atoms with Crippen LogP contribution in [0.15, 0.2) is 30.3 Å². The van der Waals surface area contributed by atoms with Crippen molar-refractivity contribution in [1.29, 1.82) is 0 Å². The van der Waals surface area contributed by atoms with E-state index in [-0.39, 0.29) is 5.97 Å². The van der Waals surface area contributed by atoms with E-state index in [0.29, 0.717) is 0 Å². The zero-order valence-corrected chi connectivity index (χ0v) is 12.0. The Balaban J connectivity index is 2.74. The molecular weight excluding hydrogens is 280 g/mol. The number of carbonyl (C=O) groups excluding carboxylic acids is 1. The van der Waals surface area contributed by atoms with Gasteiger partial charge in [0.2, 0.25) is 0 Å². The van der Waals surface area contributed by atoms with Crippen LogP contribution in [0.1, 0.15) is 31.9 Å². The van der Waals surface area contributed by atoms with Gasteiger partial charge in [-0.05, 0) is 38.0 Å². The summed E-state index contributed by atoms with van der Waals surface area (Å²) in [6.07, 6.45) is 3.25. The van der Waals surface area contributed by atoms with Gasteiger partial charge in [-0.25, -0.2) is 4.79 Å². The Labute approximate surface area is 111 Å². The first-order chi connectivity index (χ1) is 7.92.